The van der Waals surface area contributed by atoms with Crippen molar-refractivity contribution in [2.24, 2.45) is 0 Å². The molecular formula is C20H23NO6S. The van der Waals surface area contributed by atoms with Crippen molar-refractivity contribution in [1.82, 2.24) is 5.32 Å². The molecule has 8 heteroatoms. The lowest BCUT2D eigenvalue weighted by atomic mass is 10.2. The minimum absolute atomic E-state index is 0.0678. The van der Waals surface area contributed by atoms with Crippen molar-refractivity contribution in [3.63, 3.8) is 0 Å². The van der Waals surface area contributed by atoms with Gasteiger partial charge in [-0.1, -0.05) is 30.3 Å². The van der Waals surface area contributed by atoms with Crippen LogP contribution in [0, 0.1) is 0 Å². The SMILES string of the molecule is C[C@@H](OC(=O)CCc1ccc(-c2ccccc2)o1)C(=O)N[C@@H]1CCS(=O)(=O)C1. The summed E-state index contributed by atoms with van der Waals surface area (Å²) in [4.78, 5) is 24.1. The molecule has 0 saturated carbocycles. The third-order valence-corrected chi connectivity index (χ3v) is 6.32. The third-order valence-electron chi connectivity index (χ3n) is 4.55. The van der Waals surface area contributed by atoms with Crippen molar-refractivity contribution in [3.05, 3.63) is 48.2 Å². The van der Waals surface area contributed by atoms with Gasteiger partial charge in [0.1, 0.15) is 11.5 Å². The number of carbonyl (C=O) groups excluding carboxylic acids is 2. The Morgan fingerprint density at radius 2 is 1.96 bits per heavy atom. The molecule has 0 unspecified atom stereocenters. The molecule has 7 nitrogen and oxygen atoms in total. The summed E-state index contributed by atoms with van der Waals surface area (Å²) >= 11 is 0. The molecule has 2 aromatic rings. The predicted octanol–water partition coefficient (Wildman–Crippen LogP) is 2.11. The fourth-order valence-corrected chi connectivity index (χ4v) is 4.71. The molecule has 0 aliphatic carbocycles. The van der Waals surface area contributed by atoms with Gasteiger partial charge in [-0.25, -0.2) is 8.42 Å². The monoisotopic (exact) mass is 405 g/mol. The molecule has 2 atom stereocenters. The first-order valence-corrected chi connectivity index (χ1v) is 11.0. The van der Waals surface area contributed by atoms with Crippen LogP contribution in [-0.4, -0.2) is 43.9 Å². The summed E-state index contributed by atoms with van der Waals surface area (Å²) in [5, 5.41) is 2.62. The number of aryl methyl sites for hydroxylation is 1. The topological polar surface area (TPSA) is 103 Å². The van der Waals surface area contributed by atoms with Gasteiger partial charge in [-0.2, -0.15) is 0 Å². The highest BCUT2D eigenvalue weighted by molar-refractivity contribution is 7.91. The summed E-state index contributed by atoms with van der Waals surface area (Å²) in [7, 11) is -3.08. The Labute approximate surface area is 164 Å². The highest BCUT2D eigenvalue weighted by Gasteiger charge is 2.30. The fourth-order valence-electron chi connectivity index (χ4n) is 3.03. The van der Waals surface area contributed by atoms with E-state index in [1.807, 2.05) is 42.5 Å². The molecule has 28 heavy (non-hydrogen) atoms. The second-order valence-electron chi connectivity index (χ2n) is 6.87. The van der Waals surface area contributed by atoms with Gasteiger partial charge in [-0.05, 0) is 25.5 Å². The highest BCUT2D eigenvalue weighted by atomic mass is 32.2. The number of rotatable bonds is 7. The molecule has 1 aliphatic heterocycles. The van der Waals surface area contributed by atoms with Gasteiger partial charge in [-0.15, -0.1) is 0 Å². The maximum atomic E-state index is 12.1. The average molecular weight is 405 g/mol. The van der Waals surface area contributed by atoms with E-state index in [1.54, 1.807) is 0 Å². The van der Waals surface area contributed by atoms with E-state index >= 15 is 0 Å². The highest BCUT2D eigenvalue weighted by Crippen LogP contribution is 2.22. The van der Waals surface area contributed by atoms with Crippen LogP contribution in [0.2, 0.25) is 0 Å². The quantitative estimate of drug-likeness (QED) is 0.708. The molecule has 1 aliphatic rings. The predicted molar refractivity (Wildman–Crippen MR) is 103 cm³/mol. The number of carbonyl (C=O) groups is 2. The summed E-state index contributed by atoms with van der Waals surface area (Å²) in [6.45, 7) is 1.47. The number of esters is 1. The molecule has 1 amide bonds. The van der Waals surface area contributed by atoms with Gasteiger partial charge in [0, 0.05) is 18.0 Å². The molecule has 1 N–H and O–H groups in total. The normalized spacial score (nSPS) is 19.1. The van der Waals surface area contributed by atoms with Crippen molar-refractivity contribution < 1.29 is 27.2 Å². The molecule has 150 valence electrons. The molecule has 1 saturated heterocycles. The number of sulfone groups is 1. The van der Waals surface area contributed by atoms with Crippen LogP contribution in [0.5, 0.6) is 0 Å². The van der Waals surface area contributed by atoms with Gasteiger partial charge in [0.15, 0.2) is 15.9 Å². The molecule has 1 fully saturated rings. The maximum absolute atomic E-state index is 12.1. The molecule has 0 spiro atoms. The van der Waals surface area contributed by atoms with Crippen LogP contribution < -0.4 is 5.32 Å². The first kappa shape index (κ1) is 20.1. The van der Waals surface area contributed by atoms with Crippen molar-refractivity contribution in [2.75, 3.05) is 11.5 Å². The van der Waals surface area contributed by atoms with E-state index in [0.717, 1.165) is 11.3 Å². The van der Waals surface area contributed by atoms with Gasteiger partial charge in [0.25, 0.3) is 5.91 Å². The van der Waals surface area contributed by atoms with Crippen LogP contribution in [-0.2, 0) is 30.6 Å². The van der Waals surface area contributed by atoms with Gasteiger partial charge < -0.3 is 14.5 Å². The second-order valence-corrected chi connectivity index (χ2v) is 9.10. The lowest BCUT2D eigenvalue weighted by Crippen LogP contribution is -2.42. The minimum Gasteiger partial charge on any atom is -0.461 e. The minimum atomic E-state index is -3.08. The van der Waals surface area contributed by atoms with E-state index in [0.29, 0.717) is 18.6 Å². The first-order chi connectivity index (χ1) is 13.3. The Bertz CT molecular complexity index is 935. The van der Waals surface area contributed by atoms with Gasteiger partial charge in [-0.3, -0.25) is 9.59 Å². The Kier molecular flexibility index (Phi) is 6.18. The number of amides is 1. The number of hydrogen-bond acceptors (Lipinski definition) is 6. The first-order valence-electron chi connectivity index (χ1n) is 9.17. The lowest BCUT2D eigenvalue weighted by molar-refractivity contribution is -0.155. The van der Waals surface area contributed by atoms with Crippen LogP contribution in [0.4, 0.5) is 0 Å². The third kappa shape index (κ3) is 5.45. The molecule has 2 heterocycles. The zero-order valence-electron chi connectivity index (χ0n) is 15.6. The van der Waals surface area contributed by atoms with E-state index in [9.17, 15) is 18.0 Å². The van der Waals surface area contributed by atoms with E-state index in [4.69, 9.17) is 9.15 Å². The summed E-state index contributed by atoms with van der Waals surface area (Å²) in [5.74, 6) is 0.383. The second kappa shape index (κ2) is 8.60. The van der Waals surface area contributed by atoms with Crippen molar-refractivity contribution in [3.8, 4) is 11.3 Å². The molecule has 1 aromatic heterocycles. The van der Waals surface area contributed by atoms with E-state index < -0.39 is 33.9 Å². The lowest BCUT2D eigenvalue weighted by Gasteiger charge is -2.16. The van der Waals surface area contributed by atoms with E-state index in [2.05, 4.69) is 5.32 Å². The fraction of sp³-hybridized carbons (Fsp3) is 0.400. The summed E-state index contributed by atoms with van der Waals surface area (Å²) in [6, 6.07) is 12.9. The van der Waals surface area contributed by atoms with Crippen molar-refractivity contribution in [1.29, 1.82) is 0 Å². The number of furan rings is 1. The Morgan fingerprint density at radius 1 is 1.21 bits per heavy atom. The number of ether oxygens (including phenoxy) is 1. The van der Waals surface area contributed by atoms with Crippen molar-refractivity contribution >= 4 is 21.7 Å². The van der Waals surface area contributed by atoms with E-state index in [1.165, 1.54) is 6.92 Å². The summed E-state index contributed by atoms with van der Waals surface area (Å²) in [6.07, 6.45) is -0.151. The zero-order chi connectivity index (χ0) is 20.1. The van der Waals surface area contributed by atoms with Crippen LogP contribution in [0.25, 0.3) is 11.3 Å². The van der Waals surface area contributed by atoms with Crippen molar-refractivity contribution in [2.45, 2.75) is 38.3 Å². The van der Waals surface area contributed by atoms with Gasteiger partial charge in [0.05, 0.1) is 17.9 Å². The average Bonchev–Trinajstić information content (AvgIpc) is 3.27. The van der Waals surface area contributed by atoms with Crippen LogP contribution >= 0.6 is 0 Å². The molecule has 0 radical (unpaired) electrons. The summed E-state index contributed by atoms with van der Waals surface area (Å²) in [5.41, 5.74) is 0.954. The smallest absolute Gasteiger partial charge is 0.307 e. The number of benzene rings is 1. The zero-order valence-corrected chi connectivity index (χ0v) is 16.4. The maximum Gasteiger partial charge on any atom is 0.307 e. The standard InChI is InChI=1S/C20H23NO6S/c1-14(20(23)21-16-11-12-28(24,25)13-16)26-19(22)10-8-17-7-9-18(27-17)15-5-3-2-4-6-15/h2-7,9,14,16H,8,10-13H2,1H3,(H,21,23)/t14-,16-/m1/s1. The van der Waals surface area contributed by atoms with E-state index in [-0.39, 0.29) is 17.9 Å². The van der Waals surface area contributed by atoms with Crippen LogP contribution in [0.15, 0.2) is 46.9 Å². The van der Waals surface area contributed by atoms with Crippen LogP contribution in [0.1, 0.15) is 25.5 Å². The Balaban J connectivity index is 1.44. The molecule has 0 bridgehead atoms. The number of hydrogen-bond donors (Lipinski definition) is 1. The largest absolute Gasteiger partial charge is 0.461 e. The van der Waals surface area contributed by atoms with Gasteiger partial charge in [0.2, 0.25) is 0 Å². The number of nitrogens with one attached hydrogen (secondary N) is 1. The molecular weight excluding hydrogens is 382 g/mol. The summed E-state index contributed by atoms with van der Waals surface area (Å²) < 4.78 is 33.8. The molecule has 1 aromatic carbocycles. The Hall–Kier alpha value is -2.61. The van der Waals surface area contributed by atoms with Gasteiger partial charge >= 0.3 is 5.97 Å². The molecule has 3 rings (SSSR count). The van der Waals surface area contributed by atoms with Crippen LogP contribution in [0.3, 0.4) is 0 Å². The Morgan fingerprint density at radius 3 is 2.64 bits per heavy atom.